The summed E-state index contributed by atoms with van der Waals surface area (Å²) < 4.78 is 0. The van der Waals surface area contributed by atoms with Gasteiger partial charge in [0.1, 0.15) is 0 Å². The molecule has 26 heavy (non-hydrogen) atoms. The van der Waals surface area contributed by atoms with Crippen LogP contribution in [0.5, 0.6) is 0 Å². The minimum Gasteiger partial charge on any atom is -0.481 e. The molecule has 0 saturated carbocycles. The van der Waals surface area contributed by atoms with Gasteiger partial charge in [0.15, 0.2) is 0 Å². The Labute approximate surface area is 163 Å². The second kappa shape index (κ2) is 13.1. The molecular weight excluding hydrogens is 382 g/mol. The van der Waals surface area contributed by atoms with Crippen molar-refractivity contribution in [2.45, 2.75) is 6.92 Å². The van der Waals surface area contributed by atoms with Gasteiger partial charge in [-0.3, -0.25) is 4.79 Å². The molecule has 0 aliphatic rings. The molecule has 0 radical (unpaired) electrons. The van der Waals surface area contributed by atoms with Gasteiger partial charge >= 0.3 is 23.0 Å². The predicted molar refractivity (Wildman–Crippen MR) is 97.7 cm³/mol. The van der Waals surface area contributed by atoms with E-state index in [2.05, 4.69) is 23.7 Å². The average Bonchev–Trinajstić information content (AvgIpc) is 2.53. The van der Waals surface area contributed by atoms with Crippen LogP contribution in [0.1, 0.15) is 28.4 Å². The monoisotopic (exact) mass is 399 g/mol. The van der Waals surface area contributed by atoms with Gasteiger partial charge in [-0.05, 0) is 60.4 Å². The molecule has 0 bridgehead atoms. The van der Waals surface area contributed by atoms with Crippen LogP contribution in [0.15, 0.2) is 48.5 Å². The fourth-order valence-corrected chi connectivity index (χ4v) is 1.47. The van der Waals surface area contributed by atoms with E-state index in [1.165, 1.54) is 12.1 Å². The third-order valence-corrected chi connectivity index (χ3v) is 2.52. The van der Waals surface area contributed by atoms with Gasteiger partial charge in [-0.2, -0.15) is 0 Å². The summed E-state index contributed by atoms with van der Waals surface area (Å²) >= 11 is 0. The normalized spacial score (nSPS) is 7.73. The molecule has 2 aromatic rings. The van der Waals surface area contributed by atoms with Crippen LogP contribution in [0, 0.1) is 31.1 Å². The maximum Gasteiger partial charge on any atom is 1.00 e. The van der Waals surface area contributed by atoms with Gasteiger partial charge in [-0.25, -0.2) is 4.79 Å². The van der Waals surface area contributed by atoms with E-state index in [9.17, 15) is 4.79 Å². The van der Waals surface area contributed by atoms with Crippen molar-refractivity contribution in [3.8, 4) is 23.7 Å². The third kappa shape index (κ3) is 10.6. The number of aliphatic carboxylic acids is 1. The zero-order chi connectivity index (χ0) is 17.9. The Bertz CT molecular complexity index is 832. The topological polar surface area (TPSA) is 101 Å². The van der Waals surface area contributed by atoms with Crippen LogP contribution >= 0.6 is 0 Å². The molecule has 0 unspecified atom stereocenters. The van der Waals surface area contributed by atoms with Gasteiger partial charge in [0.25, 0.3) is 5.97 Å². The molecule has 0 spiro atoms. The molecule has 0 aliphatic heterocycles. The van der Waals surface area contributed by atoms with Crippen LogP contribution in [0.2, 0.25) is 0 Å². The second-order valence-electron chi connectivity index (χ2n) is 4.52. The first-order valence-electron chi connectivity index (χ1n) is 6.79. The van der Waals surface area contributed by atoms with Crippen molar-refractivity contribution in [1.82, 2.24) is 0 Å². The quantitative estimate of drug-likeness (QED) is 0.296. The molecule has 138 valence electrons. The number of benzene rings is 2. The molecule has 0 aliphatic carbocycles. The van der Waals surface area contributed by atoms with Crippen molar-refractivity contribution in [2.24, 2.45) is 0 Å². The van der Waals surface area contributed by atoms with E-state index in [0.29, 0.717) is 5.69 Å². The zero-order valence-corrected chi connectivity index (χ0v) is 15.2. The molecule has 0 amide bonds. The number of hydrogen-bond donors (Lipinski definition) is 3. The molecule has 2 rings (SSSR count). The zero-order valence-electron chi connectivity index (χ0n) is 14.2. The number of anilines is 1. The van der Waals surface area contributed by atoms with E-state index < -0.39 is 11.9 Å². The number of carboxylic acid groups (broad SMARTS) is 2. The van der Waals surface area contributed by atoms with Crippen LogP contribution < -0.4 is 5.73 Å². The van der Waals surface area contributed by atoms with E-state index in [1.54, 1.807) is 24.3 Å². The maximum absolute atomic E-state index is 10.7. The molecule has 0 aromatic heterocycles. The Morgan fingerprint density at radius 2 is 1.19 bits per heavy atom. The number of nitrogen functional groups attached to an aromatic ring is 1. The average molecular weight is 400 g/mol. The third-order valence-electron chi connectivity index (χ3n) is 2.52. The number of rotatable bonds is 1. The van der Waals surface area contributed by atoms with Crippen molar-refractivity contribution >= 4 is 17.6 Å². The standard InChI is InChI=1S/C17H11NO2.C2H4O2.CH3.Cu/c18-16-11-7-14(8-12-16)4-2-1-3-13-5-9-15(10-6-13)17(19)20;1-2(3)4;;/h5-12H,18H2,(H,19,20);1H3,(H,3,4);1H3;/q;;-1;+1. The van der Waals surface area contributed by atoms with E-state index >= 15 is 0 Å². The van der Waals surface area contributed by atoms with Gasteiger partial charge in [-0.15, -0.1) is 0 Å². The Morgan fingerprint density at radius 3 is 1.54 bits per heavy atom. The Hall–Kier alpha value is -3.18. The first-order chi connectivity index (χ1) is 11.4. The van der Waals surface area contributed by atoms with E-state index in [4.69, 9.17) is 20.7 Å². The minimum atomic E-state index is -0.951. The van der Waals surface area contributed by atoms with Crippen LogP contribution in [-0.2, 0) is 21.9 Å². The summed E-state index contributed by atoms with van der Waals surface area (Å²) in [4.78, 5) is 19.7. The van der Waals surface area contributed by atoms with Crippen molar-refractivity contribution < 1.29 is 36.9 Å². The first kappa shape index (κ1) is 25.1. The minimum absolute atomic E-state index is 0. The maximum atomic E-state index is 10.7. The van der Waals surface area contributed by atoms with Crippen LogP contribution in [-0.4, -0.2) is 22.2 Å². The van der Waals surface area contributed by atoms with E-state index in [1.807, 2.05) is 12.1 Å². The van der Waals surface area contributed by atoms with Gasteiger partial charge in [0, 0.05) is 23.7 Å². The molecule has 0 saturated heterocycles. The van der Waals surface area contributed by atoms with Gasteiger partial charge in [-0.1, -0.05) is 11.8 Å². The Balaban J connectivity index is 0. The summed E-state index contributed by atoms with van der Waals surface area (Å²) in [6, 6.07) is 13.5. The number of aromatic carboxylic acids is 1. The second-order valence-corrected chi connectivity index (χ2v) is 4.52. The molecule has 5 nitrogen and oxygen atoms in total. The van der Waals surface area contributed by atoms with Crippen molar-refractivity contribution in [2.75, 3.05) is 5.73 Å². The molecule has 0 atom stereocenters. The number of carbonyl (C=O) groups is 2. The summed E-state index contributed by atoms with van der Waals surface area (Å²) in [6.07, 6.45) is 0. The van der Waals surface area contributed by atoms with Crippen molar-refractivity contribution in [1.29, 1.82) is 0 Å². The summed E-state index contributed by atoms with van der Waals surface area (Å²) in [5.41, 5.74) is 8.07. The van der Waals surface area contributed by atoms with Gasteiger partial charge in [0.2, 0.25) is 0 Å². The smallest absolute Gasteiger partial charge is 0.481 e. The Kier molecular flexibility index (Phi) is 12.7. The van der Waals surface area contributed by atoms with Crippen molar-refractivity contribution in [3.63, 3.8) is 0 Å². The van der Waals surface area contributed by atoms with Crippen LogP contribution in [0.3, 0.4) is 0 Å². The fraction of sp³-hybridized carbons (Fsp3) is 0.0500. The van der Waals surface area contributed by atoms with E-state index in [0.717, 1.165) is 18.1 Å². The molecule has 0 heterocycles. The summed E-state index contributed by atoms with van der Waals surface area (Å²) in [6.45, 7) is 1.08. The molecular formula is C20H18CuNO4. The predicted octanol–water partition coefficient (Wildman–Crippen LogP) is 2.91. The van der Waals surface area contributed by atoms with Gasteiger partial charge in [0.05, 0.1) is 5.56 Å². The molecule has 6 heteroatoms. The summed E-state index contributed by atoms with van der Waals surface area (Å²) in [7, 11) is 0. The van der Waals surface area contributed by atoms with Crippen LogP contribution in [0.4, 0.5) is 5.69 Å². The van der Waals surface area contributed by atoms with Crippen molar-refractivity contribution in [3.05, 3.63) is 72.6 Å². The first-order valence-corrected chi connectivity index (χ1v) is 6.79. The SMILES string of the molecule is CC(=O)O.Nc1ccc(C#CC#Cc2ccc(C(=O)O)cc2)cc1.[CH3-].[Cu+]. The van der Waals surface area contributed by atoms with Crippen LogP contribution in [0.25, 0.3) is 0 Å². The molecule has 4 N–H and O–H groups in total. The van der Waals surface area contributed by atoms with E-state index in [-0.39, 0.29) is 30.1 Å². The number of carboxylic acids is 2. The molecule has 0 fully saturated rings. The summed E-state index contributed by atoms with van der Waals surface area (Å²) in [5, 5.41) is 16.2. The fourth-order valence-electron chi connectivity index (χ4n) is 1.47. The number of nitrogens with two attached hydrogens (primary N) is 1. The van der Waals surface area contributed by atoms with Gasteiger partial charge < -0.3 is 23.4 Å². The molecule has 2 aromatic carbocycles. The Morgan fingerprint density at radius 1 is 0.846 bits per heavy atom. The summed E-state index contributed by atoms with van der Waals surface area (Å²) in [5.74, 6) is 9.43. The largest absolute Gasteiger partial charge is 1.00 e. The number of hydrogen-bond acceptors (Lipinski definition) is 3.